The van der Waals surface area contributed by atoms with Crippen LogP contribution in [0, 0.1) is 0 Å². The molecule has 2 atom stereocenters. The standard InChI is InChI=1S/C26H24NO2P.C26H26NO2P.2C21H15O2P/c1-17-11-12-18(2)27(17)30-28-23-15-13-19-7-3-5-9-21(19)25(23)26-22-10-6-4-8-20(22)14-16-24(26)29-30;1-17(2)27(18(3)4)30-28-23-15-13-19-9-5-7-11-21(19)25(23)26-22-12-8-6-10-20(22)14-16-24(26)29-30;2*1-24-22-18-12-10-14-6-2-4-8-16(14)20(18)21-17-9-5-3-7-15(17)11-13-19(21)23-24/h3-10,13-18H,11-12H2,1-2H3;5-18H,1-4H3;2*2-13H,1H3/t17-,18-;;;/m0.../s1. The topological polar surface area (TPSA) is 112 Å². The van der Waals surface area contributed by atoms with Crippen LogP contribution in [0.2, 0.25) is 0 Å². The Hall–Kier alpha value is -10.9. The summed E-state index contributed by atoms with van der Waals surface area (Å²) in [6.07, 6.45) is 2.36. The van der Waals surface area contributed by atoms with Crippen molar-refractivity contribution in [1.29, 1.82) is 0 Å². The molecule has 0 unspecified atom stereocenters. The van der Waals surface area contributed by atoms with E-state index in [1.54, 1.807) is 0 Å². The van der Waals surface area contributed by atoms with Crippen molar-refractivity contribution in [2.75, 3.05) is 9.34 Å². The van der Waals surface area contributed by atoms with Gasteiger partial charge in [0.1, 0.15) is 44.7 Å². The van der Waals surface area contributed by atoms with E-state index in [4.69, 9.17) is 33.6 Å². The van der Waals surface area contributed by atoms with Crippen molar-refractivity contribution < 1.29 is 33.6 Å². The van der Waals surface area contributed by atoms with Crippen LogP contribution in [-0.4, -0.2) is 24.2 Å². The molecule has 4 aromatic heterocycles. The van der Waals surface area contributed by atoms with Gasteiger partial charge in [-0.1, -0.05) is 243 Å². The minimum Gasteiger partial charge on any atom is -0.419 e. The van der Waals surface area contributed by atoms with Gasteiger partial charge in [-0.05, 0) is 189 Å². The Morgan fingerprint density at radius 3 is 0.648 bits per heavy atom. The van der Waals surface area contributed by atoms with E-state index in [1.165, 1.54) is 99.0 Å². The first-order valence-corrected chi connectivity index (χ1v) is 42.6. The van der Waals surface area contributed by atoms with Gasteiger partial charge in [0, 0.05) is 80.6 Å². The lowest BCUT2D eigenvalue weighted by atomic mass is 9.99. The maximum absolute atomic E-state index is 6.69. The van der Waals surface area contributed by atoms with Crippen LogP contribution in [0.4, 0.5) is 0 Å². The monoisotopic (exact) mass is 1490 g/mol. The molecule has 0 saturated carbocycles. The molecule has 10 nitrogen and oxygen atoms in total. The van der Waals surface area contributed by atoms with Crippen molar-refractivity contribution in [3.05, 3.63) is 291 Å². The summed E-state index contributed by atoms with van der Waals surface area (Å²) < 4.78 is 56.0. The van der Waals surface area contributed by atoms with Gasteiger partial charge in [-0.15, -0.1) is 0 Å². The fourth-order valence-corrected chi connectivity index (χ4v) is 21.5. The third-order valence-electron chi connectivity index (χ3n) is 21.1. The zero-order valence-electron chi connectivity index (χ0n) is 61.4. The van der Waals surface area contributed by atoms with Crippen LogP contribution in [0.3, 0.4) is 0 Å². The Labute approximate surface area is 628 Å². The lowest BCUT2D eigenvalue weighted by Gasteiger charge is -2.26. The van der Waals surface area contributed by atoms with E-state index in [0.717, 1.165) is 87.8 Å². The van der Waals surface area contributed by atoms with Gasteiger partial charge in [-0.2, -0.15) is 9.34 Å². The van der Waals surface area contributed by atoms with Crippen molar-refractivity contribution in [1.82, 2.24) is 0 Å². The largest absolute Gasteiger partial charge is 0.419 e. The number of hydrogen-bond acceptors (Lipinski definition) is 10. The first kappa shape index (κ1) is 68.9. The highest BCUT2D eigenvalue weighted by molar-refractivity contribution is 7.39. The van der Waals surface area contributed by atoms with E-state index in [9.17, 15) is 0 Å². The van der Waals surface area contributed by atoms with Gasteiger partial charge >= 0.3 is 16.3 Å². The highest BCUT2D eigenvalue weighted by atomic mass is 31.1. The van der Waals surface area contributed by atoms with E-state index >= 15 is 0 Å². The summed E-state index contributed by atoms with van der Waals surface area (Å²) in [6.45, 7) is 17.4. The number of aryl methyl sites for hydroxylation is 2. The van der Waals surface area contributed by atoms with Gasteiger partial charge in [0.25, 0.3) is 0 Å². The smallest absolute Gasteiger partial charge is 0.310 e. The Kier molecular flexibility index (Phi) is 18.5. The molecule has 0 bridgehead atoms. The maximum Gasteiger partial charge on any atom is 0.310 e. The first-order chi connectivity index (χ1) is 52.9. The summed E-state index contributed by atoms with van der Waals surface area (Å²) >= 11 is 0. The predicted molar refractivity (Wildman–Crippen MR) is 462 cm³/mol. The van der Waals surface area contributed by atoms with E-state index in [-0.39, 0.29) is 0 Å². The minimum absolute atomic E-state index is 0.307. The van der Waals surface area contributed by atoms with Crippen LogP contribution in [0.1, 0.15) is 54.4 Å². The van der Waals surface area contributed by atoms with Crippen molar-refractivity contribution in [2.45, 2.75) is 78.6 Å². The van der Waals surface area contributed by atoms with Crippen LogP contribution in [0.25, 0.3) is 174 Å². The van der Waals surface area contributed by atoms with Crippen LogP contribution in [0.15, 0.2) is 325 Å². The molecule has 534 valence electrons. The third kappa shape index (κ3) is 12.6. The second-order valence-electron chi connectivity index (χ2n) is 28.6. The molecular formula is C94H80N2O8P4. The Bertz CT molecular complexity index is 6290. The minimum atomic E-state index is -1.29. The van der Waals surface area contributed by atoms with Crippen molar-refractivity contribution >= 4 is 206 Å². The van der Waals surface area contributed by atoms with Crippen molar-refractivity contribution in [3.8, 4) is 0 Å². The zero-order valence-corrected chi connectivity index (χ0v) is 65.0. The van der Waals surface area contributed by atoms with Gasteiger partial charge < -0.3 is 33.6 Å². The Balaban J connectivity index is 0.000000102. The molecule has 14 heteroatoms. The molecule has 108 heavy (non-hydrogen) atoms. The molecule has 0 N–H and O–H groups in total. The quantitative estimate of drug-likeness (QED) is 0.169. The summed E-state index contributed by atoms with van der Waals surface area (Å²) in [5.74, 6) is 0. The second-order valence-corrected chi connectivity index (χ2v) is 33.7. The van der Waals surface area contributed by atoms with Gasteiger partial charge in [-0.25, -0.2) is 0 Å². The third-order valence-corrected chi connectivity index (χ3v) is 26.8. The maximum atomic E-state index is 6.69. The molecule has 1 fully saturated rings. The Morgan fingerprint density at radius 1 is 0.259 bits per heavy atom. The number of rotatable bonds is 4. The lowest BCUT2D eigenvalue weighted by molar-refractivity contribution is 0.570. The van der Waals surface area contributed by atoms with Crippen molar-refractivity contribution in [2.24, 2.45) is 13.3 Å². The summed E-state index contributed by atoms with van der Waals surface area (Å²) in [7, 11) is -4.52. The molecule has 16 aromatic carbocycles. The molecule has 0 radical (unpaired) electrons. The van der Waals surface area contributed by atoms with E-state index in [0.29, 0.717) is 24.2 Å². The first-order valence-electron chi connectivity index (χ1n) is 37.1. The van der Waals surface area contributed by atoms with Gasteiger partial charge in [0.05, 0.1) is 0 Å². The zero-order chi connectivity index (χ0) is 73.3. The molecule has 0 amide bonds. The molecule has 1 aliphatic heterocycles. The van der Waals surface area contributed by atoms with Crippen LogP contribution in [-0.2, 0) is 13.3 Å². The number of hydrogen-bond donors (Lipinski definition) is 0. The van der Waals surface area contributed by atoms with Crippen LogP contribution in [0.5, 0.6) is 0 Å². The Morgan fingerprint density at radius 2 is 0.444 bits per heavy atom. The number of fused-ring (bicyclic) bond motifs is 28. The van der Waals surface area contributed by atoms with Gasteiger partial charge in [0.15, 0.2) is 0 Å². The highest BCUT2D eigenvalue weighted by Crippen LogP contribution is 2.48. The molecule has 20 aromatic rings. The average Bonchev–Trinajstić information content (AvgIpc) is 1.62. The van der Waals surface area contributed by atoms with E-state index in [1.807, 2.05) is 13.3 Å². The summed E-state index contributed by atoms with van der Waals surface area (Å²) in [4.78, 5) is 0. The highest BCUT2D eigenvalue weighted by Gasteiger charge is 2.33. The lowest BCUT2D eigenvalue weighted by Crippen LogP contribution is -2.34. The molecular weight excluding hydrogens is 1410 g/mol. The second kappa shape index (κ2) is 29.0. The summed E-state index contributed by atoms with van der Waals surface area (Å²) in [5, 5.41) is 28.3. The van der Waals surface area contributed by atoms with E-state index < -0.39 is 32.4 Å². The molecule has 0 aliphatic carbocycles. The fraction of sp³-hybridized carbons (Fsp3) is 0.149. The average molecular weight is 1490 g/mol. The van der Waals surface area contributed by atoms with Gasteiger partial charge in [-0.3, -0.25) is 0 Å². The molecule has 1 saturated heterocycles. The number of nitrogens with zero attached hydrogens (tertiary/aromatic N) is 2. The summed E-state index contributed by atoms with van der Waals surface area (Å²) in [5.41, 5.74) is 7.22. The van der Waals surface area contributed by atoms with Crippen molar-refractivity contribution in [3.63, 3.8) is 0 Å². The summed E-state index contributed by atoms with van der Waals surface area (Å²) in [6, 6.07) is 103. The molecule has 21 rings (SSSR count). The predicted octanol–water partition coefficient (Wildman–Crippen LogP) is 30.7. The fourth-order valence-electron chi connectivity index (χ4n) is 16.3. The number of benzene rings is 16. The SMILES string of the molecule is CC(C)N(C(C)C)p1oc2ccc3ccccc3c2c2c(ccc3ccccc32)o1.C[C@H]1CC[C@H](C)N1p1oc2ccc3ccccc3c2c2c(ccc3ccccc32)o1.Cp1oc2ccc3ccccc3c2c2c(ccc3ccccc32)o1.Cp1oc2ccc3ccccc3c2c2c(ccc3ccccc32)o1. The van der Waals surface area contributed by atoms with Gasteiger partial charge in [0.2, 0.25) is 16.0 Å². The van der Waals surface area contributed by atoms with E-state index in [2.05, 4.69) is 342 Å². The van der Waals surface area contributed by atoms with Crippen LogP contribution >= 0.6 is 32.4 Å². The molecule has 0 spiro atoms. The molecule has 1 aliphatic rings. The normalized spacial score (nSPS) is 14.1. The molecule has 5 heterocycles. The van der Waals surface area contributed by atoms with Crippen LogP contribution < -0.4 is 9.34 Å².